The van der Waals surface area contributed by atoms with Crippen LogP contribution in [0.3, 0.4) is 0 Å². The number of hydrogen-bond donors (Lipinski definition) is 2. The number of carbonyl (C=O) groups excluding carboxylic acids is 2. The molecule has 26 heavy (non-hydrogen) atoms. The van der Waals surface area contributed by atoms with Crippen molar-refractivity contribution in [2.45, 2.75) is 25.8 Å². The molecular weight excluding hydrogens is 354 g/mol. The van der Waals surface area contributed by atoms with Gasteiger partial charge in [-0.05, 0) is 28.5 Å². The third-order valence-corrected chi connectivity index (χ3v) is 5.13. The molecule has 6 nitrogen and oxygen atoms in total. The summed E-state index contributed by atoms with van der Waals surface area (Å²) in [6.07, 6.45) is 0. The molecule has 1 amide bonds. The van der Waals surface area contributed by atoms with E-state index >= 15 is 0 Å². The van der Waals surface area contributed by atoms with Gasteiger partial charge in [-0.1, -0.05) is 43.0 Å². The van der Waals surface area contributed by atoms with E-state index in [0.717, 1.165) is 33.8 Å². The monoisotopic (exact) mass is 375 g/mol. The molecule has 2 aromatic carbocycles. The number of hydrogen-bond acceptors (Lipinski definition) is 5. The second kappa shape index (κ2) is 8.71. The highest BCUT2D eigenvalue weighted by atomic mass is 32.2. The third-order valence-electron chi connectivity index (χ3n) is 3.99. The van der Waals surface area contributed by atoms with Crippen LogP contribution < -0.4 is 10.1 Å². The fourth-order valence-corrected chi connectivity index (χ4v) is 3.43. The fourth-order valence-electron chi connectivity index (χ4n) is 2.49. The topological polar surface area (TPSA) is 92.7 Å². The molecule has 0 aromatic heterocycles. The zero-order valence-corrected chi connectivity index (χ0v) is 15.6. The number of methoxy groups -OCH3 is 1. The molecule has 2 unspecified atom stereocenters. The minimum absolute atomic E-state index is 0.0110. The van der Waals surface area contributed by atoms with E-state index in [-0.39, 0.29) is 10.9 Å². The lowest BCUT2D eigenvalue weighted by atomic mass is 9.99. The Morgan fingerprint density at radius 1 is 1.15 bits per heavy atom. The highest BCUT2D eigenvalue weighted by Gasteiger charge is 2.23. The van der Waals surface area contributed by atoms with E-state index in [1.54, 1.807) is 14.0 Å². The summed E-state index contributed by atoms with van der Waals surface area (Å²) in [4.78, 5) is 34.6. The van der Waals surface area contributed by atoms with E-state index in [0.29, 0.717) is 0 Å². The van der Waals surface area contributed by atoms with Crippen molar-refractivity contribution < 1.29 is 24.2 Å². The molecule has 0 aliphatic heterocycles. The number of carboxylic acids is 1. The summed E-state index contributed by atoms with van der Waals surface area (Å²) in [5.41, 5.74) is 0.853. The van der Waals surface area contributed by atoms with Gasteiger partial charge < -0.3 is 15.2 Å². The number of rotatable bonds is 7. The van der Waals surface area contributed by atoms with Crippen LogP contribution in [0.2, 0.25) is 0 Å². The van der Waals surface area contributed by atoms with Crippen LogP contribution in [0.4, 0.5) is 0 Å². The van der Waals surface area contributed by atoms with Crippen LogP contribution >= 0.6 is 11.8 Å². The average molecular weight is 375 g/mol. The minimum Gasteiger partial charge on any atom is -0.497 e. The summed E-state index contributed by atoms with van der Waals surface area (Å²) >= 11 is 0.915. The van der Waals surface area contributed by atoms with Gasteiger partial charge in [-0.2, -0.15) is 0 Å². The SMILES string of the molecule is COc1ccc2cc(C(C)C(=O)SCC(NC(C)=O)C(=O)O)ccc2c1. The van der Waals surface area contributed by atoms with Crippen molar-refractivity contribution in [1.29, 1.82) is 0 Å². The Balaban J connectivity index is 2.08. The maximum atomic E-state index is 12.4. The number of ether oxygens (including phenoxy) is 1. The number of benzene rings is 2. The zero-order chi connectivity index (χ0) is 19.3. The van der Waals surface area contributed by atoms with Gasteiger partial charge in [0.2, 0.25) is 5.91 Å². The van der Waals surface area contributed by atoms with Crippen molar-refractivity contribution in [3.05, 3.63) is 42.0 Å². The number of aliphatic carboxylic acids is 1. The fraction of sp³-hybridized carbons (Fsp3) is 0.316. The van der Waals surface area contributed by atoms with Crippen molar-refractivity contribution in [1.82, 2.24) is 5.32 Å². The maximum Gasteiger partial charge on any atom is 0.327 e. The Kier molecular flexibility index (Phi) is 6.63. The molecule has 0 bridgehead atoms. The number of thioether (sulfide) groups is 1. The minimum atomic E-state index is -1.16. The van der Waals surface area contributed by atoms with Gasteiger partial charge in [-0.3, -0.25) is 9.59 Å². The first-order valence-corrected chi connectivity index (χ1v) is 9.04. The van der Waals surface area contributed by atoms with E-state index < -0.39 is 23.8 Å². The Morgan fingerprint density at radius 2 is 1.81 bits per heavy atom. The smallest absolute Gasteiger partial charge is 0.327 e. The Morgan fingerprint density at radius 3 is 2.42 bits per heavy atom. The van der Waals surface area contributed by atoms with Gasteiger partial charge in [0.25, 0.3) is 0 Å². The predicted octanol–water partition coefficient (Wildman–Crippen LogP) is 2.80. The van der Waals surface area contributed by atoms with Crippen molar-refractivity contribution in [2.75, 3.05) is 12.9 Å². The molecule has 2 rings (SSSR count). The molecular formula is C19H21NO5S. The van der Waals surface area contributed by atoms with Crippen LogP contribution in [-0.4, -0.2) is 41.0 Å². The highest BCUT2D eigenvalue weighted by Crippen LogP contribution is 2.28. The number of carboxylic acid groups (broad SMARTS) is 1. The number of amides is 1. The zero-order valence-electron chi connectivity index (χ0n) is 14.8. The normalized spacial score (nSPS) is 13.0. The molecule has 0 aliphatic carbocycles. The first-order chi connectivity index (χ1) is 12.3. The molecule has 0 heterocycles. The standard InChI is InChI=1S/C19H21NO5S/c1-11(19(24)26-10-17(18(22)23)20-12(2)21)13-4-5-15-9-16(25-3)7-6-14(15)8-13/h4-9,11,17H,10H2,1-3H3,(H,20,21)(H,22,23). The van der Waals surface area contributed by atoms with Gasteiger partial charge in [0.1, 0.15) is 11.8 Å². The van der Waals surface area contributed by atoms with Gasteiger partial charge >= 0.3 is 5.97 Å². The van der Waals surface area contributed by atoms with E-state index in [9.17, 15) is 14.4 Å². The summed E-state index contributed by atoms with van der Waals surface area (Å²) < 4.78 is 5.20. The summed E-state index contributed by atoms with van der Waals surface area (Å²) in [6, 6.07) is 10.4. The largest absolute Gasteiger partial charge is 0.497 e. The molecule has 0 spiro atoms. The van der Waals surface area contributed by atoms with Crippen LogP contribution in [0.15, 0.2) is 36.4 Å². The van der Waals surface area contributed by atoms with Gasteiger partial charge in [-0.25, -0.2) is 4.79 Å². The van der Waals surface area contributed by atoms with Gasteiger partial charge in [0, 0.05) is 12.7 Å². The molecule has 0 fully saturated rings. The Hall–Kier alpha value is -2.54. The first kappa shape index (κ1) is 19.8. The summed E-state index contributed by atoms with van der Waals surface area (Å²) in [5, 5.41) is 13.3. The van der Waals surface area contributed by atoms with Crippen molar-refractivity contribution in [2.24, 2.45) is 0 Å². The second-order valence-corrected chi connectivity index (χ2v) is 6.94. The van der Waals surface area contributed by atoms with Crippen LogP contribution in [0, 0.1) is 0 Å². The summed E-state index contributed by atoms with van der Waals surface area (Å²) in [5.74, 6) is -1.24. The van der Waals surface area contributed by atoms with E-state index in [2.05, 4.69) is 5.32 Å². The van der Waals surface area contributed by atoms with Gasteiger partial charge in [0.05, 0.1) is 13.0 Å². The number of fused-ring (bicyclic) bond motifs is 1. The lowest BCUT2D eigenvalue weighted by molar-refractivity contribution is -0.140. The van der Waals surface area contributed by atoms with Gasteiger partial charge in [-0.15, -0.1) is 0 Å². The lowest BCUT2D eigenvalue weighted by Gasteiger charge is -2.15. The van der Waals surface area contributed by atoms with Crippen LogP contribution in [0.25, 0.3) is 10.8 Å². The van der Waals surface area contributed by atoms with Crippen LogP contribution in [0.5, 0.6) is 5.75 Å². The van der Waals surface area contributed by atoms with Crippen molar-refractivity contribution in [3.63, 3.8) is 0 Å². The van der Waals surface area contributed by atoms with Crippen LogP contribution in [-0.2, 0) is 14.4 Å². The summed E-state index contributed by atoms with van der Waals surface area (Å²) in [6.45, 7) is 3.03. The number of nitrogens with one attached hydrogen (secondary N) is 1. The highest BCUT2D eigenvalue weighted by molar-refractivity contribution is 8.13. The molecule has 0 saturated carbocycles. The van der Waals surface area contributed by atoms with E-state index in [1.165, 1.54) is 6.92 Å². The molecule has 2 aromatic rings. The quantitative estimate of drug-likeness (QED) is 0.773. The molecule has 2 atom stereocenters. The molecule has 2 N–H and O–H groups in total. The first-order valence-electron chi connectivity index (χ1n) is 8.06. The van der Waals surface area contributed by atoms with E-state index in [4.69, 9.17) is 9.84 Å². The average Bonchev–Trinajstić information content (AvgIpc) is 2.62. The van der Waals surface area contributed by atoms with Crippen LogP contribution in [0.1, 0.15) is 25.3 Å². The number of carbonyl (C=O) groups is 3. The van der Waals surface area contributed by atoms with E-state index in [1.807, 2.05) is 36.4 Å². The Labute approximate surface area is 155 Å². The van der Waals surface area contributed by atoms with Crippen molar-refractivity contribution in [3.8, 4) is 5.75 Å². The third kappa shape index (κ3) is 4.98. The molecule has 138 valence electrons. The Bertz CT molecular complexity index is 836. The lowest BCUT2D eigenvalue weighted by Crippen LogP contribution is -2.41. The van der Waals surface area contributed by atoms with Gasteiger partial charge in [0.15, 0.2) is 5.12 Å². The van der Waals surface area contributed by atoms with Crippen molar-refractivity contribution >= 4 is 39.5 Å². The molecule has 0 saturated heterocycles. The summed E-state index contributed by atoms with van der Waals surface area (Å²) in [7, 11) is 1.61. The maximum absolute atomic E-state index is 12.4. The molecule has 7 heteroatoms. The molecule has 0 radical (unpaired) electrons. The predicted molar refractivity (Wildman–Crippen MR) is 102 cm³/mol. The molecule has 0 aliphatic rings. The second-order valence-electron chi connectivity index (χ2n) is 5.92.